The van der Waals surface area contributed by atoms with Crippen LogP contribution in [0.15, 0.2) is 18.2 Å². The van der Waals surface area contributed by atoms with Crippen molar-refractivity contribution in [1.82, 2.24) is 9.97 Å². The van der Waals surface area contributed by atoms with E-state index < -0.39 is 0 Å². The average Bonchev–Trinajstić information content (AvgIpc) is 3.41. The monoisotopic (exact) mass is 446 g/mol. The zero-order valence-electron chi connectivity index (χ0n) is 16.9. The number of thiazole rings is 2. The highest BCUT2D eigenvalue weighted by Gasteiger charge is 2.33. The molecule has 0 saturated carbocycles. The third-order valence-corrected chi connectivity index (χ3v) is 7.01. The fraction of sp³-hybridized carbons (Fsp3) is 0.400. The molecule has 0 radical (unpaired) electrons. The Hall–Kier alpha value is -2.72. The first-order valence-electron chi connectivity index (χ1n) is 9.61. The number of methoxy groups -OCH3 is 1. The van der Waals surface area contributed by atoms with Gasteiger partial charge < -0.3 is 19.7 Å². The molecule has 2 aromatic heterocycles. The molecule has 1 aromatic carbocycles. The number of likely N-dealkylation sites (N-methyl/N-ethyl adjacent to an activating group) is 1. The SMILES string of the molecule is CCOC(=O)[C@H]1CCc2sc(NC(=O)CN(C)c3nc4c(OC)cccc4s3)nc21. The molecule has 0 fully saturated rings. The number of anilines is 2. The molecular weight excluding hydrogens is 424 g/mol. The minimum absolute atomic E-state index is 0.133. The van der Waals surface area contributed by atoms with Gasteiger partial charge >= 0.3 is 5.97 Å². The highest BCUT2D eigenvalue weighted by molar-refractivity contribution is 7.22. The highest BCUT2D eigenvalue weighted by Crippen LogP contribution is 2.39. The number of esters is 1. The minimum Gasteiger partial charge on any atom is -0.494 e. The van der Waals surface area contributed by atoms with Gasteiger partial charge in [-0.15, -0.1) is 11.3 Å². The molecule has 0 bridgehead atoms. The molecule has 0 spiro atoms. The van der Waals surface area contributed by atoms with Crippen LogP contribution < -0.4 is 15.0 Å². The number of carbonyl (C=O) groups excluding carboxylic acids is 2. The number of aromatic nitrogens is 2. The van der Waals surface area contributed by atoms with Crippen LogP contribution in [-0.2, 0) is 20.7 Å². The van der Waals surface area contributed by atoms with E-state index >= 15 is 0 Å². The van der Waals surface area contributed by atoms with E-state index in [2.05, 4.69) is 15.3 Å². The molecule has 1 aliphatic carbocycles. The first kappa shape index (κ1) is 20.5. The van der Waals surface area contributed by atoms with Gasteiger partial charge in [-0.1, -0.05) is 17.4 Å². The van der Waals surface area contributed by atoms with E-state index in [1.165, 1.54) is 22.7 Å². The molecule has 158 valence electrons. The Bertz CT molecular complexity index is 1090. The largest absolute Gasteiger partial charge is 0.494 e. The van der Waals surface area contributed by atoms with Crippen molar-refractivity contribution in [2.45, 2.75) is 25.7 Å². The lowest BCUT2D eigenvalue weighted by Crippen LogP contribution is -2.30. The van der Waals surface area contributed by atoms with Crippen LogP contribution in [0.1, 0.15) is 29.8 Å². The maximum Gasteiger partial charge on any atom is 0.315 e. The van der Waals surface area contributed by atoms with Gasteiger partial charge in [-0.05, 0) is 31.9 Å². The summed E-state index contributed by atoms with van der Waals surface area (Å²) in [5.74, 6) is -0.0576. The van der Waals surface area contributed by atoms with Crippen LogP contribution in [0.2, 0.25) is 0 Å². The predicted molar refractivity (Wildman–Crippen MR) is 118 cm³/mol. The number of rotatable bonds is 7. The Labute approximate surface area is 181 Å². The molecule has 4 rings (SSSR count). The van der Waals surface area contributed by atoms with E-state index in [1.54, 1.807) is 18.9 Å². The van der Waals surface area contributed by atoms with Gasteiger partial charge in [0, 0.05) is 11.9 Å². The standard InChI is InChI=1S/C20H22N4O4S2/c1-4-28-18(26)11-8-9-14-16(11)22-19(29-14)21-15(25)10-24(2)20-23-17-12(27-3)6-5-7-13(17)30-20/h5-7,11H,4,8-10H2,1-3H3,(H,21,22,25)/t11-/m0/s1. The van der Waals surface area contributed by atoms with Crippen molar-refractivity contribution in [1.29, 1.82) is 0 Å². The van der Waals surface area contributed by atoms with Crippen LogP contribution in [0.5, 0.6) is 5.75 Å². The van der Waals surface area contributed by atoms with E-state index in [1.807, 2.05) is 25.2 Å². The molecule has 3 aromatic rings. The fourth-order valence-corrected chi connectivity index (χ4v) is 5.43. The minimum atomic E-state index is -0.331. The van der Waals surface area contributed by atoms with Gasteiger partial charge in [-0.25, -0.2) is 9.97 Å². The number of fused-ring (bicyclic) bond motifs is 2. The van der Waals surface area contributed by atoms with E-state index in [0.717, 1.165) is 32.3 Å². The zero-order valence-corrected chi connectivity index (χ0v) is 18.6. The third kappa shape index (κ3) is 3.97. The van der Waals surface area contributed by atoms with Crippen LogP contribution in [0.4, 0.5) is 10.3 Å². The van der Waals surface area contributed by atoms with E-state index in [9.17, 15) is 9.59 Å². The third-order valence-electron chi connectivity index (χ3n) is 4.83. The van der Waals surface area contributed by atoms with E-state index in [-0.39, 0.29) is 24.3 Å². The van der Waals surface area contributed by atoms with Crippen molar-refractivity contribution in [3.8, 4) is 5.75 Å². The maximum atomic E-state index is 12.6. The lowest BCUT2D eigenvalue weighted by molar-refractivity contribution is -0.145. The Morgan fingerprint density at radius 2 is 2.13 bits per heavy atom. The Kier molecular flexibility index (Phi) is 5.87. The van der Waals surface area contributed by atoms with Crippen molar-refractivity contribution in [3.05, 3.63) is 28.8 Å². The molecule has 0 saturated heterocycles. The van der Waals surface area contributed by atoms with Crippen molar-refractivity contribution in [2.75, 3.05) is 37.5 Å². The summed E-state index contributed by atoms with van der Waals surface area (Å²) in [6, 6.07) is 5.76. The predicted octanol–water partition coefficient (Wildman–Crippen LogP) is 3.43. The normalized spacial score (nSPS) is 15.1. The highest BCUT2D eigenvalue weighted by atomic mass is 32.1. The van der Waals surface area contributed by atoms with E-state index in [4.69, 9.17) is 9.47 Å². The number of carbonyl (C=O) groups is 2. The molecule has 2 heterocycles. The van der Waals surface area contributed by atoms with Crippen molar-refractivity contribution in [2.24, 2.45) is 0 Å². The summed E-state index contributed by atoms with van der Waals surface area (Å²) in [7, 11) is 3.44. The van der Waals surface area contributed by atoms with Crippen molar-refractivity contribution in [3.63, 3.8) is 0 Å². The molecule has 30 heavy (non-hydrogen) atoms. The number of nitrogens with one attached hydrogen (secondary N) is 1. The fourth-order valence-electron chi connectivity index (χ4n) is 3.43. The van der Waals surface area contributed by atoms with Crippen LogP contribution in [-0.4, -0.2) is 49.2 Å². The zero-order chi connectivity index (χ0) is 21.3. The topological polar surface area (TPSA) is 93.7 Å². The van der Waals surface area contributed by atoms with Crippen LogP contribution in [0.3, 0.4) is 0 Å². The Balaban J connectivity index is 1.42. The summed E-state index contributed by atoms with van der Waals surface area (Å²) in [5.41, 5.74) is 1.52. The smallest absolute Gasteiger partial charge is 0.315 e. The summed E-state index contributed by atoms with van der Waals surface area (Å²) >= 11 is 2.92. The molecule has 8 nitrogen and oxygen atoms in total. The first-order valence-corrected chi connectivity index (χ1v) is 11.2. The number of amides is 1. The average molecular weight is 447 g/mol. The number of benzene rings is 1. The number of nitrogens with zero attached hydrogens (tertiary/aromatic N) is 3. The van der Waals surface area contributed by atoms with Gasteiger partial charge in [0.05, 0.1) is 30.7 Å². The second kappa shape index (κ2) is 8.57. The molecule has 1 atom stereocenters. The summed E-state index contributed by atoms with van der Waals surface area (Å²) in [5, 5.41) is 4.09. The Morgan fingerprint density at radius 3 is 2.90 bits per heavy atom. The number of ether oxygens (including phenoxy) is 2. The summed E-state index contributed by atoms with van der Waals surface area (Å²) in [6.45, 7) is 2.27. The number of aryl methyl sites for hydroxylation is 1. The van der Waals surface area contributed by atoms with Gasteiger partial charge in [-0.2, -0.15) is 0 Å². The van der Waals surface area contributed by atoms with Gasteiger partial charge in [0.25, 0.3) is 0 Å². The molecule has 1 amide bonds. The molecule has 10 heteroatoms. The second-order valence-corrected chi connectivity index (χ2v) is 8.97. The number of hydrogen-bond donors (Lipinski definition) is 1. The van der Waals surface area contributed by atoms with E-state index in [0.29, 0.717) is 23.9 Å². The van der Waals surface area contributed by atoms with Crippen LogP contribution >= 0.6 is 22.7 Å². The van der Waals surface area contributed by atoms with Gasteiger partial charge in [-0.3, -0.25) is 9.59 Å². The molecule has 0 aliphatic heterocycles. The second-order valence-electron chi connectivity index (χ2n) is 6.88. The van der Waals surface area contributed by atoms with Crippen LogP contribution in [0.25, 0.3) is 10.2 Å². The van der Waals surface area contributed by atoms with Crippen molar-refractivity contribution >= 4 is 55.0 Å². The molecular formula is C20H22N4O4S2. The number of hydrogen-bond acceptors (Lipinski definition) is 9. The maximum absolute atomic E-state index is 12.6. The molecule has 0 unspecified atom stereocenters. The van der Waals surface area contributed by atoms with Crippen LogP contribution in [0, 0.1) is 0 Å². The molecule has 1 aliphatic rings. The first-order chi connectivity index (χ1) is 14.5. The van der Waals surface area contributed by atoms with Gasteiger partial charge in [0.2, 0.25) is 5.91 Å². The van der Waals surface area contributed by atoms with Gasteiger partial charge in [0.15, 0.2) is 10.3 Å². The van der Waals surface area contributed by atoms with Gasteiger partial charge in [0.1, 0.15) is 17.2 Å². The van der Waals surface area contributed by atoms with Crippen molar-refractivity contribution < 1.29 is 19.1 Å². The Morgan fingerprint density at radius 1 is 1.30 bits per heavy atom. The lowest BCUT2D eigenvalue weighted by Gasteiger charge is -2.14. The molecule has 1 N–H and O–H groups in total. The number of para-hydroxylation sites is 1. The summed E-state index contributed by atoms with van der Waals surface area (Å²) in [4.78, 5) is 36.6. The summed E-state index contributed by atoms with van der Waals surface area (Å²) < 4.78 is 11.5. The quantitative estimate of drug-likeness (QED) is 0.556. The summed E-state index contributed by atoms with van der Waals surface area (Å²) in [6.07, 6.45) is 1.49. The lowest BCUT2D eigenvalue weighted by atomic mass is 10.1.